The quantitative estimate of drug-likeness (QED) is 0.162. The van der Waals surface area contributed by atoms with E-state index in [4.69, 9.17) is 11.5 Å². The maximum Gasteiger partial charge on any atom is 0.236 e. The van der Waals surface area contributed by atoms with Crippen LogP contribution in [0.25, 0.3) is 0 Å². The maximum atomic E-state index is 11.9. The summed E-state index contributed by atoms with van der Waals surface area (Å²) in [5.74, 6) is 0.0101. The molecule has 0 radical (unpaired) electrons. The molecule has 0 bridgehead atoms. The third-order valence-corrected chi connectivity index (χ3v) is 4.42. The van der Waals surface area contributed by atoms with Crippen LogP contribution in [0, 0.1) is 0 Å². The first kappa shape index (κ1) is 26.8. The van der Waals surface area contributed by atoms with Gasteiger partial charge in [-0.05, 0) is 84.1 Å². The van der Waals surface area contributed by atoms with Gasteiger partial charge in [-0.2, -0.15) is 0 Å². The minimum atomic E-state index is -0.467. The topological polar surface area (TPSA) is 134 Å². The van der Waals surface area contributed by atoms with Gasteiger partial charge in [0.2, 0.25) is 11.8 Å². The van der Waals surface area contributed by atoms with Crippen LogP contribution >= 0.6 is 0 Å². The highest BCUT2D eigenvalue weighted by molar-refractivity contribution is 5.81. The van der Waals surface area contributed by atoms with Crippen LogP contribution in [0.5, 0.6) is 0 Å². The van der Waals surface area contributed by atoms with Gasteiger partial charge in [0.05, 0.1) is 6.04 Å². The van der Waals surface area contributed by atoms with E-state index in [-0.39, 0.29) is 11.8 Å². The Morgan fingerprint density at radius 1 is 0.786 bits per heavy atom. The van der Waals surface area contributed by atoms with Gasteiger partial charge in [-0.15, -0.1) is 0 Å². The zero-order chi connectivity index (χ0) is 20.9. The van der Waals surface area contributed by atoms with E-state index in [1.54, 1.807) is 0 Å². The zero-order valence-corrected chi connectivity index (χ0v) is 17.9. The predicted octanol–water partition coefficient (Wildman–Crippen LogP) is 0.215. The number of carbonyl (C=O) groups excluding carboxylic acids is 2. The second-order valence-electron chi connectivity index (χ2n) is 7.20. The molecule has 0 rings (SSSR count). The lowest BCUT2D eigenvalue weighted by Crippen LogP contribution is -2.41. The molecule has 0 aliphatic carbocycles. The SMILES string of the molecule is CCCC(=O)NCCCCC(N)C(=O)NCCCNCCCCNCCCN. The average molecular weight is 401 g/mol. The van der Waals surface area contributed by atoms with E-state index >= 15 is 0 Å². The maximum absolute atomic E-state index is 11.9. The fraction of sp³-hybridized carbons (Fsp3) is 0.900. The van der Waals surface area contributed by atoms with E-state index in [0.717, 1.165) is 77.7 Å². The monoisotopic (exact) mass is 400 g/mol. The molecule has 0 aromatic carbocycles. The standard InChI is InChI=1S/C20H44N6O2/c1-2-9-19(27)25-16-4-3-10-18(22)20(28)26-17-8-15-24-13-6-5-12-23-14-7-11-21/h18,23-24H,2-17,21-22H2,1H3,(H,25,27)(H,26,28). The molecule has 0 saturated carbocycles. The number of nitrogens with one attached hydrogen (secondary N) is 4. The van der Waals surface area contributed by atoms with Crippen LogP contribution in [0.2, 0.25) is 0 Å². The van der Waals surface area contributed by atoms with Crippen molar-refractivity contribution in [1.82, 2.24) is 21.3 Å². The lowest BCUT2D eigenvalue weighted by atomic mass is 10.1. The summed E-state index contributed by atoms with van der Waals surface area (Å²) in [5.41, 5.74) is 11.4. The first-order valence-electron chi connectivity index (χ1n) is 11.0. The molecule has 0 aliphatic heterocycles. The van der Waals surface area contributed by atoms with Gasteiger partial charge in [0.1, 0.15) is 0 Å². The van der Waals surface area contributed by atoms with Crippen molar-refractivity contribution in [3.63, 3.8) is 0 Å². The van der Waals surface area contributed by atoms with Crippen LogP contribution in [0.3, 0.4) is 0 Å². The molecule has 8 nitrogen and oxygen atoms in total. The summed E-state index contributed by atoms with van der Waals surface area (Å²) in [7, 11) is 0. The molecular weight excluding hydrogens is 356 g/mol. The summed E-state index contributed by atoms with van der Waals surface area (Å²) in [6.45, 7) is 7.97. The Morgan fingerprint density at radius 3 is 2.00 bits per heavy atom. The van der Waals surface area contributed by atoms with Crippen LogP contribution in [-0.4, -0.2) is 63.7 Å². The van der Waals surface area contributed by atoms with Crippen LogP contribution in [0.1, 0.15) is 64.7 Å². The lowest BCUT2D eigenvalue weighted by molar-refractivity contribution is -0.123. The van der Waals surface area contributed by atoms with Crippen molar-refractivity contribution in [3.05, 3.63) is 0 Å². The molecule has 0 spiro atoms. The number of nitrogens with two attached hydrogens (primary N) is 2. The summed E-state index contributed by atoms with van der Waals surface area (Å²) in [4.78, 5) is 23.3. The number of unbranched alkanes of at least 4 members (excludes halogenated alkanes) is 2. The first-order valence-corrected chi connectivity index (χ1v) is 11.0. The number of hydrogen-bond acceptors (Lipinski definition) is 6. The molecule has 1 unspecified atom stereocenters. The van der Waals surface area contributed by atoms with Crippen LogP contribution in [0.4, 0.5) is 0 Å². The molecule has 0 fully saturated rings. The summed E-state index contributed by atoms with van der Waals surface area (Å²) in [6.07, 6.45) is 8.00. The van der Waals surface area contributed by atoms with Gasteiger partial charge in [0.15, 0.2) is 0 Å². The molecule has 0 heterocycles. The van der Waals surface area contributed by atoms with Gasteiger partial charge in [0.25, 0.3) is 0 Å². The summed E-state index contributed by atoms with van der Waals surface area (Å²) in [6, 6.07) is -0.467. The fourth-order valence-corrected chi connectivity index (χ4v) is 2.70. The molecule has 0 saturated heterocycles. The van der Waals surface area contributed by atoms with Crippen LogP contribution < -0.4 is 32.7 Å². The minimum Gasteiger partial charge on any atom is -0.356 e. The largest absolute Gasteiger partial charge is 0.356 e. The van der Waals surface area contributed by atoms with E-state index in [0.29, 0.717) is 25.9 Å². The predicted molar refractivity (Wildman–Crippen MR) is 116 cm³/mol. The number of amides is 2. The Bertz CT molecular complexity index is 382. The first-order chi connectivity index (χ1) is 13.6. The summed E-state index contributed by atoms with van der Waals surface area (Å²) in [5, 5.41) is 12.5. The molecule has 2 amide bonds. The molecule has 166 valence electrons. The Balaban J connectivity index is 3.38. The molecular formula is C20H44N6O2. The number of hydrogen-bond donors (Lipinski definition) is 6. The van der Waals surface area contributed by atoms with Gasteiger partial charge in [0, 0.05) is 19.5 Å². The van der Waals surface area contributed by atoms with Gasteiger partial charge < -0.3 is 32.7 Å². The normalized spacial score (nSPS) is 12.0. The Kier molecular flexibility index (Phi) is 19.6. The summed E-state index contributed by atoms with van der Waals surface area (Å²) >= 11 is 0. The molecule has 8 N–H and O–H groups in total. The van der Waals surface area contributed by atoms with Crippen LogP contribution in [-0.2, 0) is 9.59 Å². The molecule has 0 aromatic heterocycles. The van der Waals surface area contributed by atoms with Gasteiger partial charge in [-0.3, -0.25) is 9.59 Å². The Hall–Kier alpha value is -1.22. The van der Waals surface area contributed by atoms with Crippen molar-refractivity contribution in [2.45, 2.75) is 70.8 Å². The minimum absolute atomic E-state index is 0.0847. The Labute approximate surface area is 171 Å². The van der Waals surface area contributed by atoms with Gasteiger partial charge in [-0.1, -0.05) is 6.92 Å². The number of carbonyl (C=O) groups is 2. The van der Waals surface area contributed by atoms with Crippen molar-refractivity contribution >= 4 is 11.8 Å². The lowest BCUT2D eigenvalue weighted by Gasteiger charge is -2.12. The number of rotatable bonds is 20. The zero-order valence-electron chi connectivity index (χ0n) is 17.9. The van der Waals surface area contributed by atoms with Crippen molar-refractivity contribution < 1.29 is 9.59 Å². The van der Waals surface area contributed by atoms with E-state index in [2.05, 4.69) is 21.3 Å². The molecule has 0 aromatic rings. The highest BCUT2D eigenvalue weighted by Gasteiger charge is 2.12. The van der Waals surface area contributed by atoms with E-state index < -0.39 is 6.04 Å². The highest BCUT2D eigenvalue weighted by Crippen LogP contribution is 1.99. The van der Waals surface area contributed by atoms with Crippen LogP contribution in [0.15, 0.2) is 0 Å². The van der Waals surface area contributed by atoms with Crippen molar-refractivity contribution in [1.29, 1.82) is 0 Å². The van der Waals surface area contributed by atoms with Gasteiger partial charge >= 0.3 is 0 Å². The second kappa shape index (κ2) is 20.5. The average Bonchev–Trinajstić information content (AvgIpc) is 2.68. The fourth-order valence-electron chi connectivity index (χ4n) is 2.70. The smallest absolute Gasteiger partial charge is 0.236 e. The molecule has 1 atom stereocenters. The molecule has 8 heteroatoms. The van der Waals surface area contributed by atoms with Crippen molar-refractivity contribution in [2.75, 3.05) is 45.8 Å². The second-order valence-corrected chi connectivity index (χ2v) is 7.20. The molecule has 0 aliphatic rings. The van der Waals surface area contributed by atoms with Crippen molar-refractivity contribution in [3.8, 4) is 0 Å². The van der Waals surface area contributed by atoms with Crippen molar-refractivity contribution in [2.24, 2.45) is 11.5 Å². The van der Waals surface area contributed by atoms with E-state index in [9.17, 15) is 9.59 Å². The van der Waals surface area contributed by atoms with E-state index in [1.165, 1.54) is 0 Å². The summed E-state index contributed by atoms with van der Waals surface area (Å²) < 4.78 is 0. The molecule has 28 heavy (non-hydrogen) atoms. The highest BCUT2D eigenvalue weighted by atomic mass is 16.2. The van der Waals surface area contributed by atoms with Gasteiger partial charge in [-0.25, -0.2) is 0 Å². The van der Waals surface area contributed by atoms with E-state index in [1.807, 2.05) is 6.92 Å². The Morgan fingerprint density at radius 2 is 1.36 bits per heavy atom. The third-order valence-electron chi connectivity index (χ3n) is 4.42. The third kappa shape index (κ3) is 18.2.